The summed E-state index contributed by atoms with van der Waals surface area (Å²) in [6, 6.07) is 23.8. The van der Waals surface area contributed by atoms with Crippen LogP contribution in [0.3, 0.4) is 0 Å². The first-order valence-electron chi connectivity index (χ1n) is 9.11. The van der Waals surface area contributed by atoms with Crippen molar-refractivity contribution in [1.29, 1.82) is 5.26 Å². The maximum Gasteiger partial charge on any atom is 0.161 e. The molecule has 0 saturated carbocycles. The molecule has 0 aliphatic rings. The summed E-state index contributed by atoms with van der Waals surface area (Å²) in [5.74, 6) is 1.20. The first-order chi connectivity index (χ1) is 14.2. The van der Waals surface area contributed by atoms with Gasteiger partial charge in [-0.1, -0.05) is 60.1 Å². The zero-order chi connectivity index (χ0) is 20.4. The molecule has 0 N–H and O–H groups in total. The Kier molecular flexibility index (Phi) is 5.12. The van der Waals surface area contributed by atoms with Crippen LogP contribution in [0.25, 0.3) is 33.2 Å². The monoisotopic (exact) mass is 399 g/mol. The van der Waals surface area contributed by atoms with E-state index in [4.69, 9.17) is 21.1 Å². The molecule has 0 amide bonds. The second kappa shape index (κ2) is 7.87. The predicted octanol–water partition coefficient (Wildman–Crippen LogP) is 6.73. The van der Waals surface area contributed by atoms with Gasteiger partial charge in [-0.15, -0.1) is 0 Å². The van der Waals surface area contributed by atoms with Crippen LogP contribution in [0, 0.1) is 11.3 Å². The molecule has 0 aliphatic heterocycles. The molecular formula is C25H18ClNO2. The van der Waals surface area contributed by atoms with E-state index in [0.717, 1.165) is 37.7 Å². The highest BCUT2D eigenvalue weighted by molar-refractivity contribution is 6.41. The number of benzene rings is 4. The van der Waals surface area contributed by atoms with Gasteiger partial charge in [0, 0.05) is 10.8 Å². The number of methoxy groups -OCH3 is 2. The van der Waals surface area contributed by atoms with Crippen LogP contribution in [0.5, 0.6) is 11.5 Å². The summed E-state index contributed by atoms with van der Waals surface area (Å²) < 4.78 is 10.7. The van der Waals surface area contributed by atoms with Gasteiger partial charge in [-0.25, -0.2) is 0 Å². The summed E-state index contributed by atoms with van der Waals surface area (Å²) in [5.41, 5.74) is 2.25. The van der Waals surface area contributed by atoms with Crippen molar-refractivity contribution in [2.45, 2.75) is 0 Å². The third kappa shape index (κ3) is 3.29. The molecule has 0 spiro atoms. The average molecular weight is 400 g/mol. The molecule has 0 heterocycles. The van der Waals surface area contributed by atoms with Crippen molar-refractivity contribution in [3.05, 3.63) is 82.9 Å². The van der Waals surface area contributed by atoms with Crippen molar-refractivity contribution in [2.75, 3.05) is 14.2 Å². The number of hydrogen-bond donors (Lipinski definition) is 0. The number of hydrogen-bond acceptors (Lipinski definition) is 3. The summed E-state index contributed by atoms with van der Waals surface area (Å²) in [5, 5.41) is 14.6. The largest absolute Gasteiger partial charge is 0.493 e. The first-order valence-corrected chi connectivity index (χ1v) is 9.49. The molecule has 0 saturated heterocycles. The van der Waals surface area contributed by atoms with E-state index in [2.05, 4.69) is 6.07 Å². The lowest BCUT2D eigenvalue weighted by Gasteiger charge is -2.12. The number of nitriles is 1. The van der Waals surface area contributed by atoms with Crippen LogP contribution >= 0.6 is 11.6 Å². The Bertz CT molecular complexity index is 1240. The van der Waals surface area contributed by atoms with Crippen LogP contribution in [0.4, 0.5) is 0 Å². The molecular weight excluding hydrogens is 382 g/mol. The molecule has 0 fully saturated rings. The number of fused-ring (bicyclic) bond motifs is 2. The van der Waals surface area contributed by atoms with E-state index in [1.165, 1.54) is 0 Å². The third-order valence-electron chi connectivity index (χ3n) is 5.01. The summed E-state index contributed by atoms with van der Waals surface area (Å²) in [6.45, 7) is 0. The second-order valence-corrected chi connectivity index (χ2v) is 6.94. The SMILES string of the molecule is COc1ccc(C(C#N)=Cc2c3ccccc3c(Cl)c3ccccc23)cc1OC. The maximum atomic E-state index is 9.91. The normalized spacial score (nSPS) is 11.4. The highest BCUT2D eigenvalue weighted by Crippen LogP contribution is 2.38. The van der Waals surface area contributed by atoms with Gasteiger partial charge in [0.2, 0.25) is 0 Å². The zero-order valence-electron chi connectivity index (χ0n) is 16.1. The molecule has 4 rings (SSSR count). The Hall–Kier alpha value is -3.48. The third-order valence-corrected chi connectivity index (χ3v) is 5.42. The van der Waals surface area contributed by atoms with Crippen LogP contribution in [-0.4, -0.2) is 14.2 Å². The Labute approximate surface area is 174 Å². The fourth-order valence-electron chi connectivity index (χ4n) is 3.59. The molecule has 0 aliphatic carbocycles. The van der Waals surface area contributed by atoms with E-state index >= 15 is 0 Å². The van der Waals surface area contributed by atoms with E-state index in [-0.39, 0.29) is 0 Å². The van der Waals surface area contributed by atoms with Gasteiger partial charge < -0.3 is 9.47 Å². The standard InChI is InChI=1S/C25H18ClNO2/c1-28-23-12-11-16(14-24(23)29-2)17(15-27)13-22-18-7-3-5-9-20(18)25(26)21-10-6-4-8-19(21)22/h3-14H,1-2H3. The van der Waals surface area contributed by atoms with Crippen LogP contribution in [0.1, 0.15) is 11.1 Å². The lowest BCUT2D eigenvalue weighted by molar-refractivity contribution is 0.355. The molecule has 4 aromatic rings. The first kappa shape index (κ1) is 18.9. The van der Waals surface area contributed by atoms with Crippen LogP contribution in [0.2, 0.25) is 5.02 Å². The Morgan fingerprint density at radius 1 is 0.828 bits per heavy atom. The lowest BCUT2D eigenvalue weighted by atomic mass is 9.94. The minimum Gasteiger partial charge on any atom is -0.493 e. The van der Waals surface area contributed by atoms with Crippen LogP contribution in [-0.2, 0) is 0 Å². The highest BCUT2D eigenvalue weighted by atomic mass is 35.5. The molecule has 0 radical (unpaired) electrons. The van der Waals surface area contributed by atoms with Gasteiger partial charge in [0.25, 0.3) is 0 Å². The zero-order valence-corrected chi connectivity index (χ0v) is 16.8. The number of ether oxygens (including phenoxy) is 2. The van der Waals surface area contributed by atoms with Gasteiger partial charge in [-0.2, -0.15) is 5.26 Å². The summed E-state index contributed by atoms with van der Waals surface area (Å²) in [6.07, 6.45) is 1.92. The summed E-state index contributed by atoms with van der Waals surface area (Å²) >= 11 is 6.69. The van der Waals surface area contributed by atoms with Gasteiger partial charge in [0.15, 0.2) is 11.5 Å². The minimum atomic E-state index is 0.531. The molecule has 3 nitrogen and oxygen atoms in total. The molecule has 0 aromatic heterocycles. The molecule has 29 heavy (non-hydrogen) atoms. The summed E-state index contributed by atoms with van der Waals surface area (Å²) in [4.78, 5) is 0. The van der Waals surface area contributed by atoms with Crippen molar-refractivity contribution in [2.24, 2.45) is 0 Å². The van der Waals surface area contributed by atoms with Crippen molar-refractivity contribution in [1.82, 2.24) is 0 Å². The van der Waals surface area contributed by atoms with Crippen LogP contribution < -0.4 is 9.47 Å². The van der Waals surface area contributed by atoms with Gasteiger partial charge in [0.05, 0.1) is 30.9 Å². The van der Waals surface area contributed by atoms with Crippen molar-refractivity contribution >= 4 is 44.8 Å². The lowest BCUT2D eigenvalue weighted by Crippen LogP contribution is -1.92. The number of nitrogens with zero attached hydrogens (tertiary/aromatic N) is 1. The number of halogens is 1. The van der Waals surface area contributed by atoms with E-state index in [1.54, 1.807) is 20.3 Å². The minimum absolute atomic E-state index is 0.531. The summed E-state index contributed by atoms with van der Waals surface area (Å²) in [7, 11) is 3.17. The second-order valence-electron chi connectivity index (χ2n) is 6.56. The van der Waals surface area contributed by atoms with Gasteiger partial charge in [-0.05, 0) is 46.2 Å². The topological polar surface area (TPSA) is 42.2 Å². The van der Waals surface area contributed by atoms with Crippen molar-refractivity contribution in [3.63, 3.8) is 0 Å². The van der Waals surface area contributed by atoms with Gasteiger partial charge in [0.1, 0.15) is 0 Å². The molecule has 4 heteroatoms. The predicted molar refractivity (Wildman–Crippen MR) is 119 cm³/mol. The van der Waals surface area contributed by atoms with Crippen molar-refractivity contribution < 1.29 is 9.47 Å². The van der Waals surface area contributed by atoms with E-state index in [9.17, 15) is 5.26 Å². The molecule has 0 bridgehead atoms. The maximum absolute atomic E-state index is 9.91. The quantitative estimate of drug-likeness (QED) is 0.217. The average Bonchev–Trinajstić information content (AvgIpc) is 2.79. The smallest absolute Gasteiger partial charge is 0.161 e. The van der Waals surface area contributed by atoms with Gasteiger partial charge in [-0.3, -0.25) is 0 Å². The van der Waals surface area contributed by atoms with E-state index in [0.29, 0.717) is 17.1 Å². The van der Waals surface area contributed by atoms with E-state index < -0.39 is 0 Å². The van der Waals surface area contributed by atoms with Gasteiger partial charge >= 0.3 is 0 Å². The molecule has 0 atom stereocenters. The van der Waals surface area contributed by atoms with Crippen LogP contribution in [0.15, 0.2) is 66.7 Å². The fraction of sp³-hybridized carbons (Fsp3) is 0.0800. The molecule has 0 unspecified atom stereocenters. The van der Waals surface area contributed by atoms with Crippen molar-refractivity contribution in [3.8, 4) is 17.6 Å². The molecule has 142 valence electrons. The highest BCUT2D eigenvalue weighted by Gasteiger charge is 2.13. The number of rotatable bonds is 4. The Morgan fingerprint density at radius 3 is 1.90 bits per heavy atom. The molecule has 4 aromatic carbocycles. The Balaban J connectivity index is 2.02. The van der Waals surface area contributed by atoms with E-state index in [1.807, 2.05) is 66.7 Å². The Morgan fingerprint density at radius 2 is 1.38 bits per heavy atom. The number of allylic oxidation sites excluding steroid dienone is 1. The fourth-order valence-corrected chi connectivity index (χ4v) is 3.92.